The molecule has 1 aromatic rings. The minimum Gasteiger partial charge on any atom is -0.481 e. The highest BCUT2D eigenvalue weighted by Crippen LogP contribution is 2.77. The minimum absolute atomic E-state index is 0.0475. The second-order valence-corrected chi connectivity index (χ2v) is 20.2. The maximum Gasteiger partial charge on any atom is 0.309 e. The van der Waals surface area contributed by atoms with Gasteiger partial charge in [0.25, 0.3) is 5.56 Å². The summed E-state index contributed by atoms with van der Waals surface area (Å²) in [4.78, 5) is 52.7. The van der Waals surface area contributed by atoms with Gasteiger partial charge in [0.05, 0.1) is 17.5 Å². The van der Waals surface area contributed by atoms with Gasteiger partial charge in [-0.05, 0) is 118 Å². The molecular weight excluding hydrogens is 654 g/mol. The Bertz CT molecular complexity index is 1730. The van der Waals surface area contributed by atoms with Gasteiger partial charge in [-0.2, -0.15) is 0 Å². The number of esters is 1. The van der Waals surface area contributed by atoms with Crippen LogP contribution < -0.4 is 5.56 Å². The fraction of sp³-hybridized carbons (Fsp3) is 0.814. The molecule has 8 atom stereocenters. The molecule has 1 heterocycles. The monoisotopic (exact) mass is 722 g/mol. The van der Waals surface area contributed by atoms with Gasteiger partial charge in [0.2, 0.25) is 5.91 Å². The lowest BCUT2D eigenvalue weighted by Gasteiger charge is -2.72. The Morgan fingerprint density at radius 3 is 2.23 bits per heavy atom. The molecule has 4 fully saturated rings. The van der Waals surface area contributed by atoms with E-state index in [0.717, 1.165) is 63.5 Å². The van der Waals surface area contributed by atoms with Gasteiger partial charge < -0.3 is 14.7 Å². The first kappa shape index (κ1) is 38.9. The molecule has 290 valence electrons. The second kappa shape index (κ2) is 12.6. The van der Waals surface area contributed by atoms with Crippen molar-refractivity contribution in [1.82, 2.24) is 14.3 Å². The van der Waals surface area contributed by atoms with Crippen LogP contribution in [0.5, 0.6) is 0 Å². The molecule has 0 bridgehead atoms. The number of hydrogen-bond acceptors (Lipinski definition) is 5. The van der Waals surface area contributed by atoms with Crippen LogP contribution >= 0.6 is 0 Å². The Kier molecular flexibility index (Phi) is 9.43. The Morgan fingerprint density at radius 2 is 1.62 bits per heavy atom. The van der Waals surface area contributed by atoms with Crippen LogP contribution in [-0.4, -0.2) is 57.4 Å². The molecule has 9 nitrogen and oxygen atoms in total. The molecular formula is C43H67N3O6. The summed E-state index contributed by atoms with van der Waals surface area (Å²) >= 11 is 0. The van der Waals surface area contributed by atoms with Gasteiger partial charge in [-0.25, -0.2) is 4.68 Å². The van der Waals surface area contributed by atoms with Crippen LogP contribution in [0, 0.1) is 50.7 Å². The molecule has 1 N–H and O–H groups in total. The first-order valence-electron chi connectivity index (χ1n) is 20.1. The number of carboxylic acid groups (broad SMARTS) is 1. The van der Waals surface area contributed by atoms with E-state index in [9.17, 15) is 24.3 Å². The summed E-state index contributed by atoms with van der Waals surface area (Å²) in [6.07, 6.45) is 10.2. The van der Waals surface area contributed by atoms with Crippen LogP contribution in [-0.2, 0) is 38.1 Å². The van der Waals surface area contributed by atoms with E-state index in [-0.39, 0.29) is 57.6 Å². The predicted molar refractivity (Wildman–Crippen MR) is 203 cm³/mol. The lowest BCUT2D eigenvalue weighted by atomic mass is 9.33. The highest BCUT2D eigenvalue weighted by Gasteiger charge is 2.70. The highest BCUT2D eigenvalue weighted by atomic mass is 16.5. The molecule has 1 amide bonds. The minimum atomic E-state index is -1.16. The fourth-order valence-corrected chi connectivity index (χ4v) is 13.4. The summed E-state index contributed by atoms with van der Waals surface area (Å²) in [6, 6.07) is 1.85. The van der Waals surface area contributed by atoms with Crippen molar-refractivity contribution in [3.05, 3.63) is 33.3 Å². The topological polar surface area (TPSA) is 111 Å². The van der Waals surface area contributed by atoms with Gasteiger partial charge in [-0.3, -0.25) is 23.9 Å². The third-order valence-corrected chi connectivity index (χ3v) is 16.5. The fourth-order valence-electron chi connectivity index (χ4n) is 13.4. The Labute approximate surface area is 311 Å². The van der Waals surface area contributed by atoms with E-state index in [4.69, 9.17) is 4.74 Å². The zero-order chi connectivity index (χ0) is 38.6. The number of aromatic nitrogens is 2. The van der Waals surface area contributed by atoms with Gasteiger partial charge in [0.1, 0.15) is 12.6 Å². The normalized spacial score (nSPS) is 36.8. The van der Waals surface area contributed by atoms with E-state index < -0.39 is 17.4 Å². The third-order valence-electron chi connectivity index (χ3n) is 16.5. The van der Waals surface area contributed by atoms with E-state index >= 15 is 0 Å². The molecule has 52 heavy (non-hydrogen) atoms. The summed E-state index contributed by atoms with van der Waals surface area (Å²) < 4.78 is 9.84. The van der Waals surface area contributed by atoms with Gasteiger partial charge >= 0.3 is 11.9 Å². The Morgan fingerprint density at radius 1 is 0.942 bits per heavy atom. The summed E-state index contributed by atoms with van der Waals surface area (Å²) in [7, 11) is 5.46. The van der Waals surface area contributed by atoms with Crippen LogP contribution in [0.4, 0.5) is 0 Å². The molecule has 0 aromatic carbocycles. The SMILES string of the molecule is CC(C)C1=C2[C@H]3CC[C@@H]4[C@@]5(C)CC[C@H](OC(=O)CC(C)(C)C(=O)O)C(C)(C)[C@@H]5CC[C@@]4(C)[C@]3(C)CC[C@@]2(c2cc(=O)n(CC(=O)N(C)C)n2C)CC1. The first-order valence-corrected chi connectivity index (χ1v) is 20.1. The first-order chi connectivity index (χ1) is 24.0. The number of aliphatic carboxylic acids is 1. The second-order valence-electron chi connectivity index (χ2n) is 20.2. The number of nitrogens with zero attached hydrogens (tertiary/aromatic N) is 3. The largest absolute Gasteiger partial charge is 0.481 e. The zero-order valence-electron chi connectivity index (χ0n) is 34.3. The van der Waals surface area contributed by atoms with Crippen LogP contribution in [0.25, 0.3) is 0 Å². The summed E-state index contributed by atoms with van der Waals surface area (Å²) in [5.41, 5.74) is 2.98. The van der Waals surface area contributed by atoms with E-state index in [1.54, 1.807) is 48.7 Å². The molecule has 4 saturated carbocycles. The molecule has 6 rings (SSSR count). The molecule has 0 spiro atoms. The molecule has 0 aliphatic heterocycles. The molecule has 1 aromatic heterocycles. The smallest absolute Gasteiger partial charge is 0.309 e. The quantitative estimate of drug-likeness (QED) is 0.217. The van der Waals surface area contributed by atoms with Crippen molar-refractivity contribution in [2.45, 2.75) is 151 Å². The van der Waals surface area contributed by atoms with Crippen molar-refractivity contribution in [2.24, 2.45) is 57.8 Å². The van der Waals surface area contributed by atoms with E-state index in [2.05, 4.69) is 48.5 Å². The van der Waals surface area contributed by atoms with Crippen LogP contribution in [0.1, 0.15) is 139 Å². The number of carbonyl (C=O) groups is 3. The Balaban J connectivity index is 1.33. The molecule has 0 saturated heterocycles. The van der Waals surface area contributed by atoms with E-state index in [1.807, 2.05) is 17.8 Å². The summed E-state index contributed by atoms with van der Waals surface area (Å²) in [5, 5.41) is 9.62. The van der Waals surface area contributed by atoms with Gasteiger partial charge in [0.15, 0.2) is 0 Å². The molecule has 5 aliphatic rings. The third kappa shape index (κ3) is 5.50. The number of hydrogen-bond donors (Lipinski definition) is 1. The van der Waals surface area contributed by atoms with Crippen LogP contribution in [0.2, 0.25) is 0 Å². The average molecular weight is 722 g/mol. The maximum atomic E-state index is 13.5. The zero-order valence-corrected chi connectivity index (χ0v) is 34.3. The number of carbonyl (C=O) groups excluding carboxylic acids is 2. The maximum absolute atomic E-state index is 13.5. The van der Waals surface area contributed by atoms with Crippen LogP contribution in [0.15, 0.2) is 22.0 Å². The number of rotatable bonds is 8. The van der Waals surface area contributed by atoms with Crippen molar-refractivity contribution in [3.63, 3.8) is 0 Å². The number of ether oxygens (including phenoxy) is 1. The van der Waals surface area contributed by atoms with Crippen molar-refractivity contribution < 1.29 is 24.2 Å². The van der Waals surface area contributed by atoms with Crippen LogP contribution in [0.3, 0.4) is 0 Å². The van der Waals surface area contributed by atoms with Gasteiger partial charge in [-0.15, -0.1) is 0 Å². The number of carboxylic acids is 1. The average Bonchev–Trinajstić information content (AvgIpc) is 3.56. The number of amides is 1. The van der Waals surface area contributed by atoms with E-state index in [1.165, 1.54) is 6.42 Å². The lowest BCUT2D eigenvalue weighted by Crippen LogP contribution is -2.66. The molecule has 5 aliphatic carbocycles. The van der Waals surface area contributed by atoms with Crippen molar-refractivity contribution in [3.8, 4) is 0 Å². The standard InChI is InChI=1S/C43H67N3O6/c1-26(2)27-15-20-43(31-23-33(47)46(45(31)12)25-34(48)44(10)11)22-21-41(8)28(36(27)43)13-14-30-40(7)18-17-32(52-35(49)24-38(3,4)37(50)51)39(5,6)29(40)16-19-42(30,41)9/h23,26,28-30,32H,13-22,24-25H2,1-12H3,(H,50,51)/t28-,29+,30-,32+,40+,41-,42-,43-/m1/s1. The highest BCUT2D eigenvalue weighted by molar-refractivity contribution is 5.81. The lowest BCUT2D eigenvalue weighted by molar-refractivity contribution is -0.232. The van der Waals surface area contributed by atoms with Crippen molar-refractivity contribution in [2.75, 3.05) is 14.1 Å². The molecule has 9 heteroatoms. The predicted octanol–water partition coefficient (Wildman–Crippen LogP) is 7.74. The molecule has 0 unspecified atom stereocenters. The summed E-state index contributed by atoms with van der Waals surface area (Å²) in [5.74, 6) is 0.346. The Hall–Kier alpha value is -2.84. The number of allylic oxidation sites excluding steroid dienone is 2. The number of likely N-dealkylation sites (N-methyl/N-ethyl adjacent to an activating group) is 1. The van der Waals surface area contributed by atoms with Gasteiger partial charge in [0, 0.05) is 38.0 Å². The molecule has 0 radical (unpaired) electrons. The van der Waals surface area contributed by atoms with E-state index in [0.29, 0.717) is 23.7 Å². The number of fused-ring (bicyclic) bond motifs is 7. The summed E-state index contributed by atoms with van der Waals surface area (Å²) in [6.45, 7) is 20.3. The van der Waals surface area contributed by atoms with Crippen molar-refractivity contribution in [1.29, 1.82) is 0 Å². The van der Waals surface area contributed by atoms with Gasteiger partial charge in [-0.1, -0.05) is 59.6 Å². The van der Waals surface area contributed by atoms with Crippen molar-refractivity contribution >= 4 is 17.8 Å².